The first-order valence-electron chi connectivity index (χ1n) is 3.73. The minimum Gasteiger partial charge on any atom is -0.294 e. The number of hydrogen-bond donors (Lipinski definition) is 1. The molecule has 0 heterocycles. The highest BCUT2D eigenvalue weighted by molar-refractivity contribution is 7.80. The van der Waals surface area contributed by atoms with Gasteiger partial charge in [0, 0.05) is 17.2 Å². The van der Waals surface area contributed by atoms with Gasteiger partial charge in [-0.25, -0.2) is 4.39 Å². The van der Waals surface area contributed by atoms with Gasteiger partial charge in [-0.3, -0.25) is 4.79 Å². The van der Waals surface area contributed by atoms with Crippen molar-refractivity contribution in [2.75, 3.05) is 5.88 Å². The van der Waals surface area contributed by atoms with Crippen LogP contribution in [0.25, 0.3) is 0 Å². The molecule has 1 nitrogen and oxygen atoms in total. The van der Waals surface area contributed by atoms with Crippen molar-refractivity contribution in [1.82, 2.24) is 0 Å². The number of carbonyl (C=O) groups is 1. The molecule has 4 heteroatoms. The molecule has 13 heavy (non-hydrogen) atoms. The summed E-state index contributed by atoms with van der Waals surface area (Å²) in [6, 6.07) is 4.21. The highest BCUT2D eigenvalue weighted by atomic mass is 35.5. The Morgan fingerprint density at radius 3 is 2.77 bits per heavy atom. The molecule has 70 valence electrons. The van der Waals surface area contributed by atoms with E-state index in [1.807, 2.05) is 0 Å². The third-order valence-corrected chi connectivity index (χ3v) is 2.04. The maximum atomic E-state index is 13.1. The van der Waals surface area contributed by atoms with E-state index in [0.717, 1.165) is 0 Å². The van der Waals surface area contributed by atoms with Gasteiger partial charge in [-0.05, 0) is 18.2 Å². The Bertz CT molecular complexity index is 327. The lowest BCUT2D eigenvalue weighted by Gasteiger charge is -2.00. The van der Waals surface area contributed by atoms with E-state index in [1.165, 1.54) is 12.1 Å². The number of rotatable bonds is 3. The van der Waals surface area contributed by atoms with Gasteiger partial charge in [-0.1, -0.05) is 0 Å². The molecule has 1 aromatic carbocycles. The van der Waals surface area contributed by atoms with Gasteiger partial charge in [0.05, 0.1) is 5.56 Å². The fraction of sp³-hybridized carbons (Fsp3) is 0.222. The molecule has 0 aliphatic carbocycles. The minimum atomic E-state index is -0.539. The molecule has 0 aliphatic heterocycles. The van der Waals surface area contributed by atoms with Crippen LogP contribution < -0.4 is 0 Å². The largest absolute Gasteiger partial charge is 0.294 e. The number of alkyl halides is 1. The van der Waals surface area contributed by atoms with Crippen molar-refractivity contribution in [2.45, 2.75) is 11.3 Å². The topological polar surface area (TPSA) is 17.1 Å². The number of benzene rings is 1. The second-order valence-electron chi connectivity index (χ2n) is 2.53. The molecule has 0 unspecified atom stereocenters. The van der Waals surface area contributed by atoms with E-state index < -0.39 is 5.82 Å². The van der Waals surface area contributed by atoms with E-state index in [2.05, 4.69) is 12.6 Å². The van der Waals surface area contributed by atoms with Crippen molar-refractivity contribution >= 4 is 30.0 Å². The van der Waals surface area contributed by atoms with E-state index in [9.17, 15) is 9.18 Å². The minimum absolute atomic E-state index is 0.0819. The summed E-state index contributed by atoms with van der Waals surface area (Å²) in [5, 5.41) is 0. The van der Waals surface area contributed by atoms with Crippen LogP contribution in [-0.4, -0.2) is 11.7 Å². The first-order chi connectivity index (χ1) is 6.15. The third kappa shape index (κ3) is 2.71. The van der Waals surface area contributed by atoms with Crippen LogP contribution in [0.3, 0.4) is 0 Å². The van der Waals surface area contributed by atoms with Gasteiger partial charge >= 0.3 is 0 Å². The number of ketones is 1. The molecular weight excluding hydrogens is 211 g/mol. The highest BCUT2D eigenvalue weighted by Gasteiger charge is 2.10. The Hall–Kier alpha value is -0.540. The second kappa shape index (κ2) is 4.63. The van der Waals surface area contributed by atoms with Gasteiger partial charge in [-0.15, -0.1) is 24.2 Å². The van der Waals surface area contributed by atoms with Gasteiger partial charge < -0.3 is 0 Å². The molecule has 1 rings (SSSR count). The van der Waals surface area contributed by atoms with E-state index in [1.54, 1.807) is 6.07 Å². The Morgan fingerprint density at radius 2 is 2.23 bits per heavy atom. The Balaban J connectivity index is 2.95. The predicted octanol–water partition coefficient (Wildman–Crippen LogP) is 2.93. The standard InChI is InChI=1S/C9H8ClFOS/c10-4-3-9(12)7-2-1-6(13)5-8(7)11/h1-2,5,13H,3-4H2. The van der Waals surface area contributed by atoms with Crippen LogP contribution in [0, 0.1) is 5.82 Å². The van der Waals surface area contributed by atoms with E-state index in [4.69, 9.17) is 11.6 Å². The van der Waals surface area contributed by atoms with Gasteiger partial charge in [0.2, 0.25) is 0 Å². The van der Waals surface area contributed by atoms with Crippen molar-refractivity contribution in [2.24, 2.45) is 0 Å². The quantitative estimate of drug-likeness (QED) is 0.469. The number of thiol groups is 1. The molecule has 0 atom stereocenters. The molecule has 0 fully saturated rings. The summed E-state index contributed by atoms with van der Waals surface area (Å²) in [5.41, 5.74) is 0.0819. The lowest BCUT2D eigenvalue weighted by molar-refractivity contribution is 0.0985. The van der Waals surface area contributed by atoms with Crippen molar-refractivity contribution in [1.29, 1.82) is 0 Å². The molecule has 0 spiro atoms. The van der Waals surface area contributed by atoms with Crippen molar-refractivity contribution in [3.05, 3.63) is 29.6 Å². The third-order valence-electron chi connectivity index (χ3n) is 1.57. The maximum absolute atomic E-state index is 13.1. The molecular formula is C9H8ClFOS. The number of hydrogen-bond acceptors (Lipinski definition) is 2. The van der Waals surface area contributed by atoms with Gasteiger partial charge in [0.1, 0.15) is 5.82 Å². The summed E-state index contributed by atoms with van der Waals surface area (Å²) in [5.74, 6) is -0.607. The summed E-state index contributed by atoms with van der Waals surface area (Å²) in [6.07, 6.45) is 0.157. The van der Waals surface area contributed by atoms with Crippen LogP contribution in [0.2, 0.25) is 0 Å². The molecule has 0 aromatic heterocycles. The Morgan fingerprint density at radius 1 is 1.54 bits per heavy atom. The first kappa shape index (κ1) is 10.5. The SMILES string of the molecule is O=C(CCCl)c1ccc(S)cc1F. The summed E-state index contributed by atoms with van der Waals surface area (Å²) >= 11 is 9.32. The van der Waals surface area contributed by atoms with Gasteiger partial charge in [0.15, 0.2) is 5.78 Å². The number of halogens is 2. The molecule has 0 saturated carbocycles. The Kier molecular flexibility index (Phi) is 3.75. The fourth-order valence-electron chi connectivity index (χ4n) is 0.951. The average molecular weight is 219 g/mol. The van der Waals surface area contributed by atoms with E-state index in [-0.39, 0.29) is 23.6 Å². The molecule has 1 aromatic rings. The Labute approximate surface area is 86.3 Å². The summed E-state index contributed by atoms with van der Waals surface area (Å²) < 4.78 is 13.1. The van der Waals surface area contributed by atoms with Crippen LogP contribution in [0.15, 0.2) is 23.1 Å². The normalized spacial score (nSPS) is 10.1. The van der Waals surface area contributed by atoms with Crippen LogP contribution in [0.5, 0.6) is 0 Å². The summed E-state index contributed by atoms with van der Waals surface area (Å²) in [7, 11) is 0. The lowest BCUT2D eigenvalue weighted by atomic mass is 10.1. The van der Waals surface area contributed by atoms with Crippen LogP contribution >= 0.6 is 24.2 Å². The second-order valence-corrected chi connectivity index (χ2v) is 3.42. The zero-order valence-corrected chi connectivity index (χ0v) is 8.41. The van der Waals surface area contributed by atoms with E-state index in [0.29, 0.717) is 4.90 Å². The van der Waals surface area contributed by atoms with Crippen molar-refractivity contribution < 1.29 is 9.18 Å². The maximum Gasteiger partial charge on any atom is 0.167 e. The number of Topliss-reactive ketones (excluding diaryl/α,β-unsaturated/α-hetero) is 1. The van der Waals surface area contributed by atoms with Gasteiger partial charge in [0.25, 0.3) is 0 Å². The average Bonchev–Trinajstić information content (AvgIpc) is 2.04. The number of carbonyl (C=O) groups excluding carboxylic acids is 1. The summed E-state index contributed by atoms with van der Waals surface area (Å²) in [6.45, 7) is 0. The first-order valence-corrected chi connectivity index (χ1v) is 4.71. The zero-order valence-electron chi connectivity index (χ0n) is 6.76. The van der Waals surface area contributed by atoms with Crippen LogP contribution in [0.1, 0.15) is 16.8 Å². The lowest BCUT2D eigenvalue weighted by Crippen LogP contribution is -2.02. The molecule has 0 N–H and O–H groups in total. The molecule has 0 amide bonds. The molecule has 0 aliphatic rings. The predicted molar refractivity (Wildman–Crippen MR) is 53.3 cm³/mol. The summed E-state index contributed by atoms with van der Waals surface area (Å²) in [4.78, 5) is 11.7. The van der Waals surface area contributed by atoms with Crippen molar-refractivity contribution in [3.63, 3.8) is 0 Å². The fourth-order valence-corrected chi connectivity index (χ4v) is 1.31. The van der Waals surface area contributed by atoms with Crippen molar-refractivity contribution in [3.8, 4) is 0 Å². The molecule has 0 saturated heterocycles. The van der Waals surface area contributed by atoms with Gasteiger partial charge in [-0.2, -0.15) is 0 Å². The zero-order chi connectivity index (χ0) is 9.84. The molecule has 0 bridgehead atoms. The van der Waals surface area contributed by atoms with Crippen LogP contribution in [0.4, 0.5) is 4.39 Å². The molecule has 0 radical (unpaired) electrons. The highest BCUT2D eigenvalue weighted by Crippen LogP contribution is 2.14. The monoisotopic (exact) mass is 218 g/mol. The van der Waals surface area contributed by atoms with Crippen LogP contribution in [-0.2, 0) is 0 Å². The van der Waals surface area contributed by atoms with E-state index >= 15 is 0 Å². The smallest absolute Gasteiger partial charge is 0.167 e.